The summed E-state index contributed by atoms with van der Waals surface area (Å²) in [6, 6.07) is 7.72. The Morgan fingerprint density at radius 3 is 2.93 bits per heavy atom. The van der Waals surface area contributed by atoms with Crippen molar-refractivity contribution in [3.63, 3.8) is 0 Å². The van der Waals surface area contributed by atoms with E-state index in [-0.39, 0.29) is 18.7 Å². The average molecular weight is 379 g/mol. The Labute approximate surface area is 160 Å². The third-order valence-electron chi connectivity index (χ3n) is 4.29. The highest BCUT2D eigenvalue weighted by Crippen LogP contribution is 2.16. The fourth-order valence-electron chi connectivity index (χ4n) is 2.94. The molecule has 0 saturated carbocycles. The van der Waals surface area contributed by atoms with Gasteiger partial charge < -0.3 is 24.8 Å². The van der Waals surface area contributed by atoms with Gasteiger partial charge in [0.05, 0.1) is 25.9 Å². The van der Waals surface area contributed by atoms with E-state index in [4.69, 9.17) is 14.6 Å². The molecule has 0 radical (unpaired) electrons. The number of hydrogen-bond donors (Lipinski definition) is 2. The Balaban J connectivity index is 1.64. The second-order valence-electron chi connectivity index (χ2n) is 6.73. The van der Waals surface area contributed by atoms with E-state index in [1.54, 1.807) is 16.8 Å². The number of carboxylic acid groups (broad SMARTS) is 1. The highest BCUT2D eigenvalue weighted by molar-refractivity contribution is 5.74. The van der Waals surface area contributed by atoms with Crippen LogP contribution in [-0.4, -0.2) is 86.0 Å². The van der Waals surface area contributed by atoms with Crippen molar-refractivity contribution in [2.45, 2.75) is 19.4 Å². The predicted octanol–water partition coefficient (Wildman–Crippen LogP) is 1.19. The van der Waals surface area contributed by atoms with Crippen molar-refractivity contribution in [2.75, 3.05) is 53.0 Å². The fourth-order valence-corrected chi connectivity index (χ4v) is 2.94. The first-order chi connectivity index (χ1) is 13.0. The molecule has 1 saturated heterocycles. The minimum atomic E-state index is -0.879. The van der Waals surface area contributed by atoms with Crippen LogP contribution < -0.4 is 10.1 Å². The van der Waals surface area contributed by atoms with Gasteiger partial charge in [0.25, 0.3) is 0 Å². The minimum absolute atomic E-state index is 0.0487. The van der Waals surface area contributed by atoms with Gasteiger partial charge in [-0.05, 0) is 32.0 Å². The smallest absolute Gasteiger partial charge is 0.317 e. The predicted molar refractivity (Wildman–Crippen MR) is 101 cm³/mol. The number of nitrogens with one attached hydrogen (secondary N) is 1. The second kappa shape index (κ2) is 10.7. The maximum absolute atomic E-state index is 12.3. The second-order valence-corrected chi connectivity index (χ2v) is 6.73. The van der Waals surface area contributed by atoms with Crippen molar-refractivity contribution in [1.82, 2.24) is 15.1 Å². The zero-order valence-corrected chi connectivity index (χ0v) is 16.0. The van der Waals surface area contributed by atoms with Crippen LogP contribution in [0.5, 0.6) is 5.75 Å². The monoisotopic (exact) mass is 379 g/mol. The third kappa shape index (κ3) is 7.44. The number of hydrogen-bond acceptors (Lipinski definition) is 5. The molecule has 1 fully saturated rings. The van der Waals surface area contributed by atoms with Crippen LogP contribution in [0.25, 0.3) is 0 Å². The largest absolute Gasteiger partial charge is 0.493 e. The molecule has 8 heteroatoms. The van der Waals surface area contributed by atoms with Crippen LogP contribution in [0.1, 0.15) is 12.0 Å². The number of likely N-dealkylation sites (N-methyl/N-ethyl adjacent to an activating group) is 1. The number of amides is 2. The summed E-state index contributed by atoms with van der Waals surface area (Å²) < 4.78 is 11.4. The number of rotatable bonds is 9. The molecule has 1 aliphatic rings. The number of carboxylic acids is 1. The maximum Gasteiger partial charge on any atom is 0.317 e. The Hall–Kier alpha value is -2.32. The summed E-state index contributed by atoms with van der Waals surface area (Å²) in [4.78, 5) is 26.4. The molecule has 1 unspecified atom stereocenters. The Morgan fingerprint density at radius 1 is 1.41 bits per heavy atom. The van der Waals surface area contributed by atoms with E-state index in [9.17, 15) is 9.59 Å². The Morgan fingerprint density at radius 2 is 2.19 bits per heavy atom. The van der Waals surface area contributed by atoms with Crippen LogP contribution in [-0.2, 0) is 9.53 Å². The van der Waals surface area contributed by atoms with Crippen LogP contribution in [0, 0.1) is 6.92 Å². The molecular weight excluding hydrogens is 350 g/mol. The molecule has 1 aliphatic heterocycles. The lowest BCUT2D eigenvalue weighted by Crippen LogP contribution is -2.52. The van der Waals surface area contributed by atoms with Crippen LogP contribution in [0.3, 0.4) is 0 Å². The molecule has 0 aliphatic carbocycles. The number of carbonyl (C=O) groups excluding carboxylic acids is 1. The molecule has 0 aromatic heterocycles. The van der Waals surface area contributed by atoms with Crippen molar-refractivity contribution in [3.8, 4) is 5.75 Å². The highest BCUT2D eigenvalue weighted by Gasteiger charge is 2.25. The first-order valence-electron chi connectivity index (χ1n) is 9.19. The fraction of sp³-hybridized carbons (Fsp3) is 0.579. The number of aliphatic carboxylic acids is 1. The first kappa shape index (κ1) is 21.0. The van der Waals surface area contributed by atoms with Gasteiger partial charge in [-0.2, -0.15) is 0 Å². The van der Waals surface area contributed by atoms with Gasteiger partial charge in [0.15, 0.2) is 0 Å². The molecule has 8 nitrogen and oxygen atoms in total. The number of benzene rings is 1. The summed E-state index contributed by atoms with van der Waals surface area (Å²) in [6.07, 6.45) is 0.535. The molecule has 1 heterocycles. The van der Waals surface area contributed by atoms with Crippen LogP contribution in [0.15, 0.2) is 24.3 Å². The third-order valence-corrected chi connectivity index (χ3v) is 4.29. The quantitative estimate of drug-likeness (QED) is 0.627. The molecule has 2 N–H and O–H groups in total. The van der Waals surface area contributed by atoms with E-state index in [1.807, 2.05) is 31.2 Å². The standard InChI is InChI=1S/C19H29N3O5/c1-15-6-3-4-7-17(15)27-10-5-8-20-19(25)22-9-11-26-16(13-22)12-21(2)14-18(23)24/h3-4,6-7,16H,5,8-14H2,1-2H3,(H,20,25)(H,23,24). The number of urea groups is 1. The number of para-hydroxylation sites is 1. The topological polar surface area (TPSA) is 91.3 Å². The summed E-state index contributed by atoms with van der Waals surface area (Å²) in [6.45, 7) is 4.94. The number of aryl methyl sites for hydroxylation is 1. The molecule has 0 bridgehead atoms. The normalized spacial score (nSPS) is 17.0. The number of nitrogens with zero attached hydrogens (tertiary/aromatic N) is 2. The van der Waals surface area contributed by atoms with Gasteiger partial charge in [-0.15, -0.1) is 0 Å². The summed E-state index contributed by atoms with van der Waals surface area (Å²) in [5, 5.41) is 11.7. The lowest BCUT2D eigenvalue weighted by atomic mass is 10.2. The maximum atomic E-state index is 12.3. The minimum Gasteiger partial charge on any atom is -0.493 e. The van der Waals surface area contributed by atoms with Gasteiger partial charge in [-0.3, -0.25) is 9.69 Å². The zero-order chi connectivity index (χ0) is 19.6. The van der Waals surface area contributed by atoms with Gasteiger partial charge in [0.1, 0.15) is 5.75 Å². The van der Waals surface area contributed by atoms with E-state index >= 15 is 0 Å². The van der Waals surface area contributed by atoms with E-state index < -0.39 is 5.97 Å². The van der Waals surface area contributed by atoms with Crippen LogP contribution >= 0.6 is 0 Å². The van der Waals surface area contributed by atoms with Crippen molar-refractivity contribution in [3.05, 3.63) is 29.8 Å². The Bertz CT molecular complexity index is 625. The summed E-state index contributed by atoms with van der Waals surface area (Å²) in [5.74, 6) is -0.0128. The molecule has 1 aromatic rings. The number of ether oxygens (including phenoxy) is 2. The Kier molecular flexibility index (Phi) is 8.35. The van der Waals surface area contributed by atoms with Gasteiger partial charge in [0.2, 0.25) is 0 Å². The summed E-state index contributed by atoms with van der Waals surface area (Å²) in [5.41, 5.74) is 1.09. The lowest BCUT2D eigenvalue weighted by molar-refractivity contribution is -0.138. The zero-order valence-electron chi connectivity index (χ0n) is 16.0. The molecule has 150 valence electrons. The molecule has 0 spiro atoms. The number of carbonyl (C=O) groups is 2. The molecule has 27 heavy (non-hydrogen) atoms. The SMILES string of the molecule is Cc1ccccc1OCCCNC(=O)N1CCOC(CN(C)CC(=O)O)C1. The van der Waals surface area contributed by atoms with Gasteiger partial charge >= 0.3 is 12.0 Å². The van der Waals surface area contributed by atoms with E-state index in [1.165, 1.54) is 0 Å². The van der Waals surface area contributed by atoms with Crippen LogP contribution in [0.4, 0.5) is 4.79 Å². The number of morpholine rings is 1. The lowest BCUT2D eigenvalue weighted by Gasteiger charge is -2.34. The average Bonchev–Trinajstić information content (AvgIpc) is 2.62. The van der Waals surface area contributed by atoms with Gasteiger partial charge in [-0.25, -0.2) is 4.79 Å². The molecule has 2 rings (SSSR count). The summed E-state index contributed by atoms with van der Waals surface area (Å²) >= 11 is 0. The van der Waals surface area contributed by atoms with E-state index in [0.717, 1.165) is 17.7 Å². The van der Waals surface area contributed by atoms with E-state index in [0.29, 0.717) is 39.4 Å². The van der Waals surface area contributed by atoms with Crippen molar-refractivity contribution >= 4 is 12.0 Å². The van der Waals surface area contributed by atoms with Crippen molar-refractivity contribution in [1.29, 1.82) is 0 Å². The van der Waals surface area contributed by atoms with Gasteiger partial charge in [0, 0.05) is 26.2 Å². The van der Waals surface area contributed by atoms with Crippen molar-refractivity contribution in [2.24, 2.45) is 0 Å². The van der Waals surface area contributed by atoms with Crippen LogP contribution in [0.2, 0.25) is 0 Å². The van der Waals surface area contributed by atoms with Crippen molar-refractivity contribution < 1.29 is 24.2 Å². The molecule has 1 atom stereocenters. The van der Waals surface area contributed by atoms with E-state index in [2.05, 4.69) is 5.32 Å². The molecular formula is C19H29N3O5. The first-order valence-corrected chi connectivity index (χ1v) is 9.19. The molecule has 2 amide bonds. The summed E-state index contributed by atoms with van der Waals surface area (Å²) in [7, 11) is 1.73. The highest BCUT2D eigenvalue weighted by atomic mass is 16.5. The van der Waals surface area contributed by atoms with Gasteiger partial charge in [-0.1, -0.05) is 18.2 Å². The molecule has 1 aromatic carbocycles.